The van der Waals surface area contributed by atoms with E-state index in [-0.39, 0.29) is 18.2 Å². The summed E-state index contributed by atoms with van der Waals surface area (Å²) < 4.78 is 2.11. The van der Waals surface area contributed by atoms with Gasteiger partial charge < -0.3 is 21.1 Å². The summed E-state index contributed by atoms with van der Waals surface area (Å²) in [5, 5.41) is 19.3. The molecule has 0 saturated carbocycles. The lowest BCUT2D eigenvalue weighted by Crippen LogP contribution is -2.59. The van der Waals surface area contributed by atoms with Crippen LogP contribution in [0.3, 0.4) is 0 Å². The molecule has 3 heterocycles. The number of aliphatic hydroxyl groups is 1. The van der Waals surface area contributed by atoms with Crippen LogP contribution in [-0.4, -0.2) is 35.1 Å². The number of hydrogen-bond acceptors (Lipinski definition) is 6. The second kappa shape index (κ2) is 8.59. The van der Waals surface area contributed by atoms with Gasteiger partial charge in [-0.05, 0) is 54.1 Å². The maximum Gasteiger partial charge on any atom is 0.258 e. The molecule has 0 fully saturated rings. The van der Waals surface area contributed by atoms with E-state index in [2.05, 4.69) is 63.7 Å². The van der Waals surface area contributed by atoms with E-state index in [0.29, 0.717) is 37.0 Å². The van der Waals surface area contributed by atoms with Crippen LogP contribution in [0.15, 0.2) is 73.0 Å². The fourth-order valence-corrected chi connectivity index (χ4v) is 6.54. The Labute approximate surface area is 236 Å². The van der Waals surface area contributed by atoms with Gasteiger partial charge in [-0.1, -0.05) is 53.9 Å². The number of carbonyl (C=O) groups is 3. The molecule has 3 aliphatic rings. The smallest absolute Gasteiger partial charge is 0.258 e. The Balaban J connectivity index is 1.75. The first-order valence-corrected chi connectivity index (χ1v) is 13.6. The summed E-state index contributed by atoms with van der Waals surface area (Å²) in [5.74, 6) is -1.37. The van der Waals surface area contributed by atoms with Crippen molar-refractivity contribution in [2.75, 3.05) is 17.2 Å². The largest absolute Gasteiger partial charge is 0.388 e. The van der Waals surface area contributed by atoms with Gasteiger partial charge >= 0.3 is 0 Å². The average molecular weight is 689 g/mol. The summed E-state index contributed by atoms with van der Waals surface area (Å²) in [5.41, 5.74) is -0.453. The van der Waals surface area contributed by atoms with Crippen molar-refractivity contribution in [3.8, 4) is 0 Å². The van der Waals surface area contributed by atoms with E-state index in [1.165, 1.54) is 0 Å². The lowest BCUT2D eigenvalue weighted by molar-refractivity contribution is -0.134. The third-order valence-corrected chi connectivity index (χ3v) is 8.45. The van der Waals surface area contributed by atoms with Gasteiger partial charge in [0.2, 0.25) is 5.91 Å². The zero-order valence-corrected chi connectivity index (χ0v) is 23.6. The molecule has 11 heteroatoms. The van der Waals surface area contributed by atoms with Crippen molar-refractivity contribution in [2.24, 2.45) is 4.99 Å². The minimum atomic E-state index is -1.96. The molecule has 1 spiro atoms. The standard InChI is InChI=1S/C26H17Br3N4O4/c27-13-2-1-12-7-22(36)31-23(16(12)8-13)33-25(21(35)11-34)18-10-15(29)4-6-20(18)32-26(25)17-9-14(28)3-5-19(17)30-24(26)37/h1-6,8-10,32,34H,7,11H2,(H,30,37)(H,31,33,36). The van der Waals surface area contributed by atoms with Crippen molar-refractivity contribution in [3.63, 3.8) is 0 Å². The quantitative estimate of drug-likeness (QED) is 0.330. The number of Topliss-reactive ketones (excluding diaryl/α,β-unsaturated/α-hetero) is 1. The van der Waals surface area contributed by atoms with Gasteiger partial charge in [0.05, 0.1) is 6.42 Å². The van der Waals surface area contributed by atoms with E-state index in [1.807, 2.05) is 12.1 Å². The number of carbonyl (C=O) groups excluding carboxylic acids is 3. The molecule has 0 radical (unpaired) electrons. The third kappa shape index (κ3) is 3.41. The predicted molar refractivity (Wildman–Crippen MR) is 149 cm³/mol. The average Bonchev–Trinajstić information content (AvgIpc) is 3.31. The summed E-state index contributed by atoms with van der Waals surface area (Å²) in [6, 6.07) is 16.0. The molecule has 3 aromatic rings. The Morgan fingerprint density at radius 3 is 2.27 bits per heavy atom. The van der Waals surface area contributed by atoms with Crippen molar-refractivity contribution in [1.29, 1.82) is 0 Å². The zero-order chi connectivity index (χ0) is 26.1. The molecule has 186 valence electrons. The maximum atomic E-state index is 14.0. The number of nitrogens with one attached hydrogen (secondary N) is 3. The van der Waals surface area contributed by atoms with Crippen LogP contribution in [0.5, 0.6) is 0 Å². The molecule has 0 saturated heterocycles. The number of ketones is 1. The first-order chi connectivity index (χ1) is 17.7. The molecule has 0 bridgehead atoms. The Hall–Kier alpha value is -2.86. The highest BCUT2D eigenvalue weighted by molar-refractivity contribution is 9.11. The molecular formula is C26H17Br3N4O4. The highest BCUT2D eigenvalue weighted by Gasteiger charge is 2.70. The van der Waals surface area contributed by atoms with Crippen LogP contribution < -0.4 is 16.0 Å². The number of aliphatic hydroxyl groups excluding tert-OH is 1. The van der Waals surface area contributed by atoms with Gasteiger partial charge in [0, 0.05) is 41.5 Å². The molecule has 6 rings (SSSR count). The topological polar surface area (TPSA) is 120 Å². The van der Waals surface area contributed by atoms with Crippen LogP contribution in [0.25, 0.3) is 0 Å². The van der Waals surface area contributed by atoms with Crippen LogP contribution in [0.2, 0.25) is 0 Å². The second-order valence-corrected chi connectivity index (χ2v) is 11.7. The number of aliphatic imine (C=N–C) groups is 1. The number of fused-ring (bicyclic) bond motifs is 4. The van der Waals surface area contributed by atoms with E-state index < -0.39 is 29.4 Å². The summed E-state index contributed by atoms with van der Waals surface area (Å²) >= 11 is 10.4. The molecule has 2 amide bonds. The van der Waals surface area contributed by atoms with Crippen LogP contribution in [0.1, 0.15) is 22.3 Å². The fraction of sp³-hybridized carbons (Fsp3) is 0.154. The van der Waals surface area contributed by atoms with Gasteiger partial charge in [0.15, 0.2) is 16.9 Å². The lowest BCUT2D eigenvalue weighted by Gasteiger charge is -2.39. The number of hydrogen-bond donors (Lipinski definition) is 4. The molecule has 8 nitrogen and oxygen atoms in total. The Bertz CT molecular complexity index is 1590. The second-order valence-electron chi connectivity index (χ2n) is 8.99. The molecular weight excluding hydrogens is 672 g/mol. The normalized spacial score (nSPS) is 24.3. The molecule has 0 aromatic heterocycles. The minimum absolute atomic E-state index is 0.139. The third-order valence-electron chi connectivity index (χ3n) is 6.97. The zero-order valence-electron chi connectivity index (χ0n) is 18.9. The van der Waals surface area contributed by atoms with E-state index >= 15 is 0 Å². The van der Waals surface area contributed by atoms with Crippen molar-refractivity contribution >= 4 is 82.6 Å². The SMILES string of the molecule is O=C1Cc2ccc(Br)cc2C(=NC2(C(=O)CO)c3cc(Br)ccc3NC23C(=O)Nc2ccc(Br)cc23)N1. The Morgan fingerprint density at radius 1 is 0.892 bits per heavy atom. The molecule has 2 atom stereocenters. The Kier molecular flexibility index (Phi) is 5.68. The van der Waals surface area contributed by atoms with Gasteiger partial charge in [0.25, 0.3) is 5.91 Å². The molecule has 37 heavy (non-hydrogen) atoms. The van der Waals surface area contributed by atoms with E-state index in [1.54, 1.807) is 42.5 Å². The molecule has 0 aliphatic carbocycles. The maximum absolute atomic E-state index is 14.0. The van der Waals surface area contributed by atoms with Crippen LogP contribution in [0.4, 0.5) is 11.4 Å². The molecule has 4 N–H and O–H groups in total. The van der Waals surface area contributed by atoms with Crippen molar-refractivity contribution in [2.45, 2.75) is 17.5 Å². The Morgan fingerprint density at radius 2 is 1.54 bits per heavy atom. The monoisotopic (exact) mass is 686 g/mol. The summed E-state index contributed by atoms with van der Waals surface area (Å²) in [6.45, 7) is -0.887. The van der Waals surface area contributed by atoms with E-state index in [9.17, 15) is 19.5 Å². The predicted octanol–water partition coefficient (Wildman–Crippen LogP) is 4.12. The van der Waals surface area contributed by atoms with Gasteiger partial charge in [-0.3, -0.25) is 14.4 Å². The molecule has 3 aliphatic heterocycles. The summed E-state index contributed by atoms with van der Waals surface area (Å²) in [7, 11) is 0. The highest BCUT2D eigenvalue weighted by atomic mass is 79.9. The van der Waals surface area contributed by atoms with E-state index in [4.69, 9.17) is 4.99 Å². The van der Waals surface area contributed by atoms with Gasteiger partial charge in [-0.2, -0.15) is 0 Å². The van der Waals surface area contributed by atoms with Crippen molar-refractivity contribution < 1.29 is 19.5 Å². The first-order valence-electron chi connectivity index (χ1n) is 11.2. The molecule has 2 unspecified atom stereocenters. The van der Waals surface area contributed by atoms with Gasteiger partial charge in [-0.25, -0.2) is 4.99 Å². The van der Waals surface area contributed by atoms with Gasteiger partial charge in [-0.15, -0.1) is 0 Å². The van der Waals surface area contributed by atoms with Crippen molar-refractivity contribution in [1.82, 2.24) is 5.32 Å². The van der Waals surface area contributed by atoms with Crippen LogP contribution >= 0.6 is 47.8 Å². The lowest BCUT2D eigenvalue weighted by atomic mass is 9.69. The number of benzene rings is 3. The minimum Gasteiger partial charge on any atom is -0.388 e. The summed E-state index contributed by atoms with van der Waals surface area (Å²) in [6.07, 6.45) is 0.143. The number of nitrogens with zero attached hydrogens (tertiary/aromatic N) is 1. The van der Waals surface area contributed by atoms with Crippen LogP contribution in [0, 0.1) is 0 Å². The van der Waals surface area contributed by atoms with E-state index in [0.717, 1.165) is 10.0 Å². The number of amidine groups is 1. The number of amides is 2. The van der Waals surface area contributed by atoms with Crippen LogP contribution in [-0.2, 0) is 31.9 Å². The first kappa shape index (κ1) is 24.5. The number of halogens is 3. The fourth-order valence-electron chi connectivity index (χ4n) is 5.45. The highest BCUT2D eigenvalue weighted by Crippen LogP contribution is 2.59. The number of anilines is 2. The van der Waals surface area contributed by atoms with Crippen molar-refractivity contribution in [3.05, 3.63) is 90.3 Å². The molecule has 3 aromatic carbocycles. The number of rotatable bonds is 3. The van der Waals surface area contributed by atoms with Gasteiger partial charge in [0.1, 0.15) is 12.4 Å². The summed E-state index contributed by atoms with van der Waals surface area (Å²) in [4.78, 5) is 45.7.